The molecule has 0 aliphatic carbocycles. The van der Waals surface area contributed by atoms with Crippen molar-refractivity contribution >= 4 is 10.9 Å². The van der Waals surface area contributed by atoms with Gasteiger partial charge in [-0.2, -0.15) is 0 Å². The zero-order valence-electron chi connectivity index (χ0n) is 11.7. The number of fused-ring (bicyclic) bond motifs is 1. The van der Waals surface area contributed by atoms with E-state index in [1.807, 2.05) is 13.1 Å². The summed E-state index contributed by atoms with van der Waals surface area (Å²) in [5.41, 5.74) is 3.70. The molecule has 1 aromatic carbocycles. The Hall–Kier alpha value is -1.35. The second kappa shape index (κ2) is 4.97. The van der Waals surface area contributed by atoms with Crippen LogP contribution in [0.2, 0.25) is 0 Å². The molecular formula is C16H21FN2. The number of benzene rings is 1. The molecule has 0 bridgehead atoms. The van der Waals surface area contributed by atoms with Crippen LogP contribution in [-0.2, 0) is 13.5 Å². The molecule has 1 N–H and O–H groups in total. The third kappa shape index (κ3) is 2.27. The van der Waals surface area contributed by atoms with Crippen molar-refractivity contribution in [2.45, 2.75) is 26.2 Å². The van der Waals surface area contributed by atoms with Crippen LogP contribution in [0.4, 0.5) is 4.39 Å². The lowest BCUT2D eigenvalue weighted by atomic mass is 9.90. The van der Waals surface area contributed by atoms with Crippen LogP contribution >= 0.6 is 0 Å². The number of aryl methyl sites for hydroxylation is 1. The summed E-state index contributed by atoms with van der Waals surface area (Å²) >= 11 is 0. The Balaban J connectivity index is 2.00. The lowest BCUT2D eigenvalue weighted by molar-refractivity contribution is 0.373. The highest BCUT2D eigenvalue weighted by Crippen LogP contribution is 2.29. The first kappa shape index (κ1) is 12.7. The van der Waals surface area contributed by atoms with Gasteiger partial charge in [0, 0.05) is 18.1 Å². The van der Waals surface area contributed by atoms with Crippen LogP contribution < -0.4 is 5.32 Å². The maximum Gasteiger partial charge on any atom is 0.125 e. The monoisotopic (exact) mass is 260 g/mol. The van der Waals surface area contributed by atoms with E-state index in [2.05, 4.69) is 16.8 Å². The summed E-state index contributed by atoms with van der Waals surface area (Å²) in [6.45, 7) is 4.40. The van der Waals surface area contributed by atoms with Crippen LogP contribution in [0.3, 0.4) is 0 Å². The summed E-state index contributed by atoms with van der Waals surface area (Å²) in [5, 5.41) is 4.63. The molecular weight excluding hydrogens is 239 g/mol. The minimum absolute atomic E-state index is 0.151. The van der Waals surface area contributed by atoms with Crippen LogP contribution in [0.5, 0.6) is 0 Å². The van der Waals surface area contributed by atoms with Gasteiger partial charge in [0.05, 0.1) is 5.52 Å². The lowest BCUT2D eigenvalue weighted by Crippen LogP contribution is -2.28. The Labute approximate surface area is 113 Å². The molecule has 0 spiro atoms. The van der Waals surface area contributed by atoms with Gasteiger partial charge in [0.15, 0.2) is 0 Å². The molecule has 0 amide bonds. The Kier molecular flexibility index (Phi) is 3.31. The van der Waals surface area contributed by atoms with Crippen LogP contribution in [0.25, 0.3) is 10.9 Å². The molecule has 3 heteroatoms. The molecule has 102 valence electrons. The molecule has 1 aliphatic heterocycles. The molecule has 1 aromatic heterocycles. The molecule has 1 saturated heterocycles. The highest BCUT2D eigenvalue weighted by atomic mass is 19.1. The fourth-order valence-electron chi connectivity index (χ4n) is 3.25. The highest BCUT2D eigenvalue weighted by molar-refractivity contribution is 5.85. The molecule has 2 heterocycles. The predicted octanol–water partition coefficient (Wildman–Crippen LogP) is 3.17. The van der Waals surface area contributed by atoms with Crippen molar-refractivity contribution in [3.63, 3.8) is 0 Å². The number of aromatic nitrogens is 1. The molecule has 0 atom stereocenters. The molecule has 2 nitrogen and oxygen atoms in total. The third-order valence-electron chi connectivity index (χ3n) is 4.54. The van der Waals surface area contributed by atoms with Crippen molar-refractivity contribution in [2.75, 3.05) is 13.1 Å². The van der Waals surface area contributed by atoms with E-state index in [0.29, 0.717) is 0 Å². The van der Waals surface area contributed by atoms with Crippen molar-refractivity contribution in [2.24, 2.45) is 13.0 Å². The van der Waals surface area contributed by atoms with Crippen LogP contribution in [0.1, 0.15) is 24.1 Å². The lowest BCUT2D eigenvalue weighted by Gasteiger charge is -2.22. The molecule has 0 saturated carbocycles. The Morgan fingerprint density at radius 1 is 1.32 bits per heavy atom. The topological polar surface area (TPSA) is 17.0 Å². The smallest absolute Gasteiger partial charge is 0.125 e. The van der Waals surface area contributed by atoms with E-state index < -0.39 is 0 Å². The average molecular weight is 260 g/mol. The quantitative estimate of drug-likeness (QED) is 0.877. The average Bonchev–Trinajstić information content (AvgIpc) is 2.65. The molecule has 3 rings (SSSR count). The van der Waals surface area contributed by atoms with Crippen LogP contribution in [0.15, 0.2) is 18.2 Å². The summed E-state index contributed by atoms with van der Waals surface area (Å²) in [7, 11) is 2.03. The summed E-state index contributed by atoms with van der Waals surface area (Å²) in [4.78, 5) is 0. The van der Waals surface area contributed by atoms with Crippen molar-refractivity contribution in [3.8, 4) is 0 Å². The van der Waals surface area contributed by atoms with Gasteiger partial charge >= 0.3 is 0 Å². The Morgan fingerprint density at radius 3 is 2.79 bits per heavy atom. The number of hydrogen-bond acceptors (Lipinski definition) is 1. The van der Waals surface area contributed by atoms with E-state index in [0.717, 1.165) is 30.9 Å². The molecule has 0 unspecified atom stereocenters. The SMILES string of the molecule is Cc1c(CC2CCNCC2)c2ccc(F)cc2n1C. The van der Waals surface area contributed by atoms with Gasteiger partial charge in [-0.15, -0.1) is 0 Å². The van der Waals surface area contributed by atoms with Gasteiger partial charge < -0.3 is 9.88 Å². The zero-order chi connectivity index (χ0) is 13.4. The van der Waals surface area contributed by atoms with E-state index in [-0.39, 0.29) is 5.82 Å². The normalized spacial score (nSPS) is 17.2. The standard InChI is InChI=1S/C16H21FN2/c1-11-15(9-12-5-7-18-8-6-12)14-4-3-13(17)10-16(14)19(11)2/h3-4,10,12,18H,5-9H2,1-2H3. The van der Waals surface area contributed by atoms with Gasteiger partial charge in [0.1, 0.15) is 5.82 Å². The minimum Gasteiger partial charge on any atom is -0.348 e. The fraction of sp³-hybridized carbons (Fsp3) is 0.500. The maximum atomic E-state index is 13.4. The van der Waals surface area contributed by atoms with Crippen molar-refractivity contribution in [1.82, 2.24) is 9.88 Å². The molecule has 0 radical (unpaired) electrons. The minimum atomic E-state index is -0.151. The van der Waals surface area contributed by atoms with E-state index in [1.165, 1.54) is 29.5 Å². The van der Waals surface area contributed by atoms with Crippen molar-refractivity contribution < 1.29 is 4.39 Å². The second-order valence-electron chi connectivity index (χ2n) is 5.68. The Morgan fingerprint density at radius 2 is 2.05 bits per heavy atom. The van der Waals surface area contributed by atoms with Gasteiger partial charge in [-0.05, 0) is 69.0 Å². The second-order valence-corrected chi connectivity index (χ2v) is 5.68. The highest BCUT2D eigenvalue weighted by Gasteiger charge is 2.19. The predicted molar refractivity (Wildman–Crippen MR) is 76.9 cm³/mol. The number of piperidine rings is 1. The van der Waals surface area contributed by atoms with E-state index in [1.54, 1.807) is 12.1 Å². The number of halogens is 1. The molecule has 19 heavy (non-hydrogen) atoms. The summed E-state index contributed by atoms with van der Waals surface area (Å²) in [5.74, 6) is 0.608. The van der Waals surface area contributed by atoms with Gasteiger partial charge in [-0.3, -0.25) is 0 Å². The number of nitrogens with one attached hydrogen (secondary N) is 1. The van der Waals surface area contributed by atoms with Crippen molar-refractivity contribution in [1.29, 1.82) is 0 Å². The first-order valence-electron chi connectivity index (χ1n) is 7.11. The third-order valence-corrected chi connectivity index (χ3v) is 4.54. The fourth-order valence-corrected chi connectivity index (χ4v) is 3.25. The Bertz CT molecular complexity index is 594. The first-order valence-corrected chi connectivity index (χ1v) is 7.11. The summed E-state index contributed by atoms with van der Waals surface area (Å²) in [6.07, 6.45) is 3.62. The maximum absolute atomic E-state index is 13.4. The van der Waals surface area contributed by atoms with Gasteiger partial charge in [-0.1, -0.05) is 0 Å². The van der Waals surface area contributed by atoms with Gasteiger partial charge in [0.25, 0.3) is 0 Å². The van der Waals surface area contributed by atoms with Crippen LogP contribution in [-0.4, -0.2) is 17.7 Å². The number of hydrogen-bond donors (Lipinski definition) is 1. The zero-order valence-corrected chi connectivity index (χ0v) is 11.7. The number of rotatable bonds is 2. The summed E-state index contributed by atoms with van der Waals surface area (Å²) in [6, 6.07) is 5.16. The van der Waals surface area contributed by atoms with Gasteiger partial charge in [0.2, 0.25) is 0 Å². The number of nitrogens with zero attached hydrogens (tertiary/aromatic N) is 1. The first-order chi connectivity index (χ1) is 9.16. The molecule has 1 fully saturated rings. The van der Waals surface area contributed by atoms with E-state index >= 15 is 0 Å². The summed E-state index contributed by atoms with van der Waals surface area (Å²) < 4.78 is 15.5. The van der Waals surface area contributed by atoms with Crippen LogP contribution in [0, 0.1) is 18.7 Å². The van der Waals surface area contributed by atoms with Gasteiger partial charge in [-0.25, -0.2) is 4.39 Å². The molecule has 1 aliphatic rings. The van der Waals surface area contributed by atoms with E-state index in [4.69, 9.17) is 0 Å². The van der Waals surface area contributed by atoms with E-state index in [9.17, 15) is 4.39 Å². The largest absolute Gasteiger partial charge is 0.348 e. The van der Waals surface area contributed by atoms with Crippen molar-refractivity contribution in [3.05, 3.63) is 35.3 Å². The molecule has 2 aromatic rings.